The molecule has 0 radical (unpaired) electrons. The summed E-state index contributed by atoms with van der Waals surface area (Å²) >= 11 is 5.97. The molecule has 0 unspecified atom stereocenters. The second kappa shape index (κ2) is 4.62. The minimum atomic E-state index is 0.341. The molecule has 0 aliphatic rings. The summed E-state index contributed by atoms with van der Waals surface area (Å²) in [4.78, 5) is 9.03. The Labute approximate surface area is 115 Å². The number of halogens is 1. The molecule has 0 atom stereocenters. The van der Waals surface area contributed by atoms with E-state index in [9.17, 15) is 0 Å². The third kappa shape index (κ3) is 2.08. The number of nitrogens with zero attached hydrogens (tertiary/aromatic N) is 6. The van der Waals surface area contributed by atoms with Gasteiger partial charge in [-0.15, -0.1) is 21.8 Å². The van der Waals surface area contributed by atoms with Crippen LogP contribution in [-0.2, 0) is 19.5 Å². The molecule has 0 saturated carbocycles. The Kier molecular flexibility index (Phi) is 2.94. The molecule has 0 bridgehead atoms. The number of aryl methyl sites for hydroxylation is 2. The Morgan fingerprint density at radius 3 is 2.74 bits per heavy atom. The minimum Gasteiger partial charge on any atom is -0.319 e. The molecule has 3 heterocycles. The van der Waals surface area contributed by atoms with Crippen LogP contribution in [0.25, 0.3) is 11.2 Å². The van der Waals surface area contributed by atoms with Crippen LogP contribution in [-0.4, -0.2) is 29.3 Å². The summed E-state index contributed by atoms with van der Waals surface area (Å²) in [5.74, 6) is 1.97. The number of fused-ring (bicyclic) bond motifs is 1. The topological polar surface area (TPSA) is 61.4 Å². The first-order chi connectivity index (χ1) is 9.19. The van der Waals surface area contributed by atoms with E-state index in [4.69, 9.17) is 11.6 Å². The van der Waals surface area contributed by atoms with E-state index in [1.54, 1.807) is 6.33 Å². The van der Waals surface area contributed by atoms with E-state index in [1.165, 1.54) is 0 Å². The van der Waals surface area contributed by atoms with Gasteiger partial charge in [0.05, 0.1) is 12.4 Å². The van der Waals surface area contributed by atoms with E-state index in [0.717, 1.165) is 28.5 Å². The highest BCUT2D eigenvalue weighted by Crippen LogP contribution is 2.17. The van der Waals surface area contributed by atoms with Crippen molar-refractivity contribution in [1.29, 1.82) is 0 Å². The molecule has 19 heavy (non-hydrogen) atoms. The monoisotopic (exact) mass is 276 g/mol. The number of hydrogen-bond donors (Lipinski definition) is 0. The minimum absolute atomic E-state index is 0.341. The van der Waals surface area contributed by atoms with Crippen LogP contribution in [0.4, 0.5) is 0 Å². The Bertz CT molecular complexity index is 729. The SMILES string of the molecule is Cc1ccc2nc(CCl)n(Cc3nncn3C)c2n1. The smallest absolute Gasteiger partial charge is 0.160 e. The highest BCUT2D eigenvalue weighted by molar-refractivity contribution is 6.16. The van der Waals surface area contributed by atoms with E-state index >= 15 is 0 Å². The molecule has 6 nitrogen and oxygen atoms in total. The molecule has 3 aromatic rings. The number of alkyl halides is 1. The van der Waals surface area contributed by atoms with Crippen molar-refractivity contribution in [3.8, 4) is 0 Å². The van der Waals surface area contributed by atoms with Crippen molar-refractivity contribution < 1.29 is 0 Å². The average Bonchev–Trinajstić information content (AvgIpc) is 2.95. The van der Waals surface area contributed by atoms with Crippen molar-refractivity contribution in [3.05, 3.63) is 35.8 Å². The summed E-state index contributed by atoms with van der Waals surface area (Å²) in [6.45, 7) is 2.52. The lowest BCUT2D eigenvalue weighted by molar-refractivity contribution is 0.686. The van der Waals surface area contributed by atoms with Crippen LogP contribution in [0.15, 0.2) is 18.5 Å². The Morgan fingerprint density at radius 1 is 1.21 bits per heavy atom. The van der Waals surface area contributed by atoms with Crippen LogP contribution in [0, 0.1) is 6.92 Å². The molecule has 0 spiro atoms. The maximum atomic E-state index is 5.97. The second-order valence-electron chi connectivity index (χ2n) is 4.40. The summed E-state index contributed by atoms with van der Waals surface area (Å²) in [7, 11) is 1.91. The van der Waals surface area contributed by atoms with Crippen molar-refractivity contribution in [2.24, 2.45) is 7.05 Å². The van der Waals surface area contributed by atoms with Gasteiger partial charge in [0, 0.05) is 12.7 Å². The van der Waals surface area contributed by atoms with E-state index < -0.39 is 0 Å². The van der Waals surface area contributed by atoms with Crippen molar-refractivity contribution in [3.63, 3.8) is 0 Å². The molecule has 0 aliphatic heterocycles. The van der Waals surface area contributed by atoms with Gasteiger partial charge in [0.1, 0.15) is 17.7 Å². The van der Waals surface area contributed by atoms with Crippen molar-refractivity contribution >= 4 is 22.8 Å². The number of hydrogen-bond acceptors (Lipinski definition) is 4. The van der Waals surface area contributed by atoms with Crippen LogP contribution in [0.3, 0.4) is 0 Å². The van der Waals surface area contributed by atoms with Crippen molar-refractivity contribution in [2.45, 2.75) is 19.3 Å². The number of aromatic nitrogens is 6. The molecule has 3 rings (SSSR count). The molecule has 7 heteroatoms. The molecule has 3 aromatic heterocycles. The maximum absolute atomic E-state index is 5.97. The lowest BCUT2D eigenvalue weighted by Gasteiger charge is -2.06. The first-order valence-electron chi connectivity index (χ1n) is 5.90. The zero-order valence-corrected chi connectivity index (χ0v) is 11.5. The molecular weight excluding hydrogens is 264 g/mol. The number of imidazole rings is 1. The number of rotatable bonds is 3. The number of pyridine rings is 1. The summed E-state index contributed by atoms with van der Waals surface area (Å²) in [6.07, 6.45) is 1.67. The van der Waals surface area contributed by atoms with Gasteiger partial charge in [-0.05, 0) is 19.1 Å². The lowest BCUT2D eigenvalue weighted by Crippen LogP contribution is -2.09. The molecule has 0 aliphatic carbocycles. The van der Waals surface area contributed by atoms with E-state index in [1.807, 2.05) is 35.2 Å². The van der Waals surface area contributed by atoms with Gasteiger partial charge in [0.25, 0.3) is 0 Å². The van der Waals surface area contributed by atoms with Crippen LogP contribution in [0.2, 0.25) is 0 Å². The fourth-order valence-electron chi connectivity index (χ4n) is 2.00. The van der Waals surface area contributed by atoms with Crippen molar-refractivity contribution in [2.75, 3.05) is 0 Å². The summed E-state index contributed by atoms with van der Waals surface area (Å²) in [5, 5.41) is 7.97. The highest BCUT2D eigenvalue weighted by atomic mass is 35.5. The maximum Gasteiger partial charge on any atom is 0.160 e. The van der Waals surface area contributed by atoms with Crippen LogP contribution >= 0.6 is 11.6 Å². The Hall–Kier alpha value is -1.95. The molecule has 0 saturated heterocycles. The fraction of sp³-hybridized carbons (Fsp3) is 0.333. The van der Waals surface area contributed by atoms with E-state index in [2.05, 4.69) is 20.2 Å². The Morgan fingerprint density at radius 2 is 2.05 bits per heavy atom. The van der Waals surface area contributed by atoms with Crippen molar-refractivity contribution in [1.82, 2.24) is 29.3 Å². The van der Waals surface area contributed by atoms with Gasteiger partial charge >= 0.3 is 0 Å². The molecular formula is C12H13ClN6. The standard InChI is InChI=1S/C12H13ClN6/c1-8-3-4-9-12(15-8)19(10(5-13)16-9)6-11-17-14-7-18(11)2/h3-4,7H,5-6H2,1-2H3. The van der Waals surface area contributed by atoms with Gasteiger partial charge in [-0.2, -0.15) is 0 Å². The van der Waals surface area contributed by atoms with Crippen LogP contribution < -0.4 is 0 Å². The van der Waals surface area contributed by atoms with Crippen LogP contribution in [0.1, 0.15) is 17.3 Å². The lowest BCUT2D eigenvalue weighted by atomic mass is 10.3. The molecule has 0 aromatic carbocycles. The molecule has 98 valence electrons. The fourth-order valence-corrected chi connectivity index (χ4v) is 2.21. The van der Waals surface area contributed by atoms with Gasteiger partial charge in [-0.1, -0.05) is 0 Å². The molecule has 0 amide bonds. The van der Waals surface area contributed by atoms with Crippen LogP contribution in [0.5, 0.6) is 0 Å². The summed E-state index contributed by atoms with van der Waals surface area (Å²) in [5.41, 5.74) is 2.63. The quantitative estimate of drug-likeness (QED) is 0.683. The summed E-state index contributed by atoms with van der Waals surface area (Å²) < 4.78 is 3.86. The summed E-state index contributed by atoms with van der Waals surface area (Å²) in [6, 6.07) is 3.90. The highest BCUT2D eigenvalue weighted by Gasteiger charge is 2.13. The molecule has 0 fully saturated rings. The zero-order valence-electron chi connectivity index (χ0n) is 10.7. The van der Waals surface area contributed by atoms with Gasteiger partial charge in [-0.25, -0.2) is 9.97 Å². The Balaban J connectivity index is 2.15. The van der Waals surface area contributed by atoms with Gasteiger partial charge in [-0.3, -0.25) is 0 Å². The van der Waals surface area contributed by atoms with Gasteiger partial charge in [0.2, 0.25) is 0 Å². The largest absolute Gasteiger partial charge is 0.319 e. The second-order valence-corrected chi connectivity index (χ2v) is 4.67. The normalized spacial score (nSPS) is 11.3. The van der Waals surface area contributed by atoms with E-state index in [0.29, 0.717) is 12.4 Å². The predicted molar refractivity (Wildman–Crippen MR) is 71.9 cm³/mol. The average molecular weight is 277 g/mol. The first kappa shape index (κ1) is 12.1. The predicted octanol–water partition coefficient (Wildman–Crippen LogP) is 1.66. The van der Waals surface area contributed by atoms with E-state index in [-0.39, 0.29) is 0 Å². The first-order valence-corrected chi connectivity index (χ1v) is 6.44. The third-order valence-corrected chi connectivity index (χ3v) is 3.27. The zero-order chi connectivity index (χ0) is 13.4. The third-order valence-electron chi connectivity index (χ3n) is 3.03. The molecule has 0 N–H and O–H groups in total. The van der Waals surface area contributed by atoms with Gasteiger partial charge in [0.15, 0.2) is 11.5 Å². The van der Waals surface area contributed by atoms with Gasteiger partial charge < -0.3 is 9.13 Å².